The van der Waals surface area contributed by atoms with Crippen LogP contribution in [0.1, 0.15) is 11.7 Å². The first-order valence-electron chi connectivity index (χ1n) is 3.75. The van der Waals surface area contributed by atoms with E-state index in [2.05, 4.69) is 10.3 Å². The Morgan fingerprint density at radius 3 is 2.69 bits per heavy atom. The summed E-state index contributed by atoms with van der Waals surface area (Å²) < 4.78 is 0. The second-order valence-corrected chi connectivity index (χ2v) is 2.48. The molecule has 1 aromatic rings. The number of aromatic nitrogens is 1. The van der Waals surface area contributed by atoms with Gasteiger partial charge in [-0.2, -0.15) is 0 Å². The Morgan fingerprint density at radius 1 is 1.54 bits per heavy atom. The van der Waals surface area contributed by atoms with Gasteiger partial charge in [-0.05, 0) is 17.7 Å². The summed E-state index contributed by atoms with van der Waals surface area (Å²) in [5.41, 5.74) is 0.642. The molecule has 5 nitrogen and oxygen atoms in total. The fourth-order valence-electron chi connectivity index (χ4n) is 0.887. The highest BCUT2D eigenvalue weighted by molar-refractivity contribution is 5.64. The summed E-state index contributed by atoms with van der Waals surface area (Å²) in [6.07, 6.45) is 1.12. The summed E-state index contributed by atoms with van der Waals surface area (Å²) in [6.45, 7) is -0.0145. The highest BCUT2D eigenvalue weighted by Crippen LogP contribution is 2.08. The van der Waals surface area contributed by atoms with Crippen LogP contribution in [0.2, 0.25) is 0 Å². The van der Waals surface area contributed by atoms with Gasteiger partial charge in [-0.1, -0.05) is 0 Å². The van der Waals surface area contributed by atoms with Crippen LogP contribution in [-0.2, 0) is 0 Å². The lowest BCUT2D eigenvalue weighted by atomic mass is 10.1. The van der Waals surface area contributed by atoms with Crippen molar-refractivity contribution in [3.8, 4) is 0 Å². The minimum Gasteiger partial charge on any atom is -0.465 e. The average molecular weight is 182 g/mol. The van der Waals surface area contributed by atoms with Crippen LogP contribution in [0.15, 0.2) is 24.5 Å². The molecular weight excluding hydrogens is 172 g/mol. The van der Waals surface area contributed by atoms with E-state index in [9.17, 15) is 9.90 Å². The summed E-state index contributed by atoms with van der Waals surface area (Å²) in [5, 5.41) is 19.8. The third-order valence-corrected chi connectivity index (χ3v) is 1.54. The Balaban J connectivity index is 2.49. The number of amides is 1. The number of rotatable bonds is 3. The van der Waals surface area contributed by atoms with Crippen molar-refractivity contribution in [2.45, 2.75) is 6.10 Å². The van der Waals surface area contributed by atoms with E-state index >= 15 is 0 Å². The fraction of sp³-hybridized carbons (Fsp3) is 0.250. The van der Waals surface area contributed by atoms with Crippen molar-refractivity contribution in [1.82, 2.24) is 10.3 Å². The van der Waals surface area contributed by atoms with Gasteiger partial charge in [0.05, 0.1) is 12.6 Å². The Hall–Kier alpha value is -1.62. The molecular formula is C8H10N2O3. The van der Waals surface area contributed by atoms with Gasteiger partial charge in [0.25, 0.3) is 0 Å². The summed E-state index contributed by atoms with van der Waals surface area (Å²) in [4.78, 5) is 13.9. The molecule has 13 heavy (non-hydrogen) atoms. The molecule has 0 aliphatic rings. The van der Waals surface area contributed by atoms with Gasteiger partial charge in [0.15, 0.2) is 0 Å². The topological polar surface area (TPSA) is 82.5 Å². The highest BCUT2D eigenvalue weighted by atomic mass is 16.4. The van der Waals surface area contributed by atoms with Gasteiger partial charge in [0.1, 0.15) is 0 Å². The van der Waals surface area contributed by atoms with Crippen LogP contribution < -0.4 is 5.32 Å². The predicted molar refractivity (Wildman–Crippen MR) is 45.2 cm³/mol. The van der Waals surface area contributed by atoms with E-state index in [1.807, 2.05) is 0 Å². The standard InChI is InChI=1S/C8H10N2O3/c11-7(5-10-8(12)13)6-1-3-9-4-2-6/h1-4,7,10-11H,5H2,(H,12,13). The largest absolute Gasteiger partial charge is 0.465 e. The van der Waals surface area contributed by atoms with Gasteiger partial charge in [0, 0.05) is 12.4 Å². The monoisotopic (exact) mass is 182 g/mol. The third-order valence-electron chi connectivity index (χ3n) is 1.54. The molecule has 0 fully saturated rings. The van der Waals surface area contributed by atoms with Crippen molar-refractivity contribution in [3.05, 3.63) is 30.1 Å². The number of nitrogens with one attached hydrogen (secondary N) is 1. The normalized spacial score (nSPS) is 12.1. The molecule has 0 aromatic carbocycles. The molecule has 0 aliphatic heterocycles. The lowest BCUT2D eigenvalue weighted by Crippen LogP contribution is -2.26. The summed E-state index contributed by atoms with van der Waals surface area (Å²) in [5.74, 6) is 0. The molecule has 5 heteroatoms. The zero-order valence-corrected chi connectivity index (χ0v) is 6.84. The predicted octanol–water partition coefficient (Wildman–Crippen LogP) is 0.383. The first-order valence-corrected chi connectivity index (χ1v) is 3.75. The molecule has 1 rings (SSSR count). The number of aliphatic hydroxyl groups is 1. The molecule has 1 aromatic heterocycles. The highest BCUT2D eigenvalue weighted by Gasteiger charge is 2.07. The van der Waals surface area contributed by atoms with Crippen LogP contribution in [0.25, 0.3) is 0 Å². The molecule has 0 spiro atoms. The molecule has 0 radical (unpaired) electrons. The molecule has 1 unspecified atom stereocenters. The Labute approximate surface area is 75.0 Å². The molecule has 1 heterocycles. The molecule has 3 N–H and O–H groups in total. The van der Waals surface area contributed by atoms with Gasteiger partial charge in [-0.15, -0.1) is 0 Å². The molecule has 0 saturated heterocycles. The SMILES string of the molecule is O=C(O)NCC(O)c1ccncc1. The minimum atomic E-state index is -1.15. The van der Waals surface area contributed by atoms with Crippen molar-refractivity contribution in [1.29, 1.82) is 0 Å². The number of nitrogens with zero attached hydrogens (tertiary/aromatic N) is 1. The van der Waals surface area contributed by atoms with Crippen molar-refractivity contribution in [2.24, 2.45) is 0 Å². The number of hydrogen-bond donors (Lipinski definition) is 3. The lowest BCUT2D eigenvalue weighted by Gasteiger charge is -2.09. The van der Waals surface area contributed by atoms with Crippen molar-refractivity contribution >= 4 is 6.09 Å². The first kappa shape index (κ1) is 9.47. The molecule has 0 aliphatic carbocycles. The van der Waals surface area contributed by atoms with E-state index in [0.717, 1.165) is 0 Å². The van der Waals surface area contributed by atoms with Crippen molar-refractivity contribution < 1.29 is 15.0 Å². The Morgan fingerprint density at radius 2 is 2.15 bits per heavy atom. The van der Waals surface area contributed by atoms with E-state index in [1.54, 1.807) is 24.5 Å². The van der Waals surface area contributed by atoms with Gasteiger partial charge in [-0.25, -0.2) is 4.79 Å². The van der Waals surface area contributed by atoms with Gasteiger partial charge >= 0.3 is 6.09 Å². The van der Waals surface area contributed by atoms with Crippen LogP contribution in [0, 0.1) is 0 Å². The number of carbonyl (C=O) groups is 1. The van der Waals surface area contributed by atoms with Crippen LogP contribution in [0.5, 0.6) is 0 Å². The maximum atomic E-state index is 10.1. The second-order valence-electron chi connectivity index (χ2n) is 2.48. The van der Waals surface area contributed by atoms with E-state index in [0.29, 0.717) is 5.56 Å². The summed E-state index contributed by atoms with van der Waals surface area (Å²) >= 11 is 0. The second kappa shape index (κ2) is 4.42. The van der Waals surface area contributed by atoms with E-state index < -0.39 is 12.2 Å². The van der Waals surface area contributed by atoms with Gasteiger partial charge in [0.2, 0.25) is 0 Å². The van der Waals surface area contributed by atoms with Crippen molar-refractivity contribution in [3.63, 3.8) is 0 Å². The molecule has 1 atom stereocenters. The van der Waals surface area contributed by atoms with Gasteiger partial charge in [-0.3, -0.25) is 4.98 Å². The number of aliphatic hydroxyl groups excluding tert-OH is 1. The van der Waals surface area contributed by atoms with Crippen LogP contribution >= 0.6 is 0 Å². The van der Waals surface area contributed by atoms with Crippen molar-refractivity contribution in [2.75, 3.05) is 6.54 Å². The first-order chi connectivity index (χ1) is 6.20. The molecule has 1 amide bonds. The molecule has 0 saturated carbocycles. The number of pyridine rings is 1. The van der Waals surface area contributed by atoms with Crippen LogP contribution in [0.4, 0.5) is 4.79 Å². The average Bonchev–Trinajstić information content (AvgIpc) is 2.15. The third kappa shape index (κ3) is 3.08. The minimum absolute atomic E-state index is 0.0145. The van der Waals surface area contributed by atoms with Crippen LogP contribution in [0.3, 0.4) is 0 Å². The lowest BCUT2D eigenvalue weighted by molar-refractivity contribution is 0.159. The van der Waals surface area contributed by atoms with E-state index in [-0.39, 0.29) is 6.54 Å². The Kier molecular flexibility index (Phi) is 3.22. The molecule has 70 valence electrons. The molecule has 0 bridgehead atoms. The summed E-state index contributed by atoms with van der Waals surface area (Å²) in [7, 11) is 0. The Bertz CT molecular complexity index is 276. The number of hydrogen-bond acceptors (Lipinski definition) is 3. The maximum absolute atomic E-state index is 10.1. The van der Waals surface area contributed by atoms with E-state index in [4.69, 9.17) is 5.11 Å². The zero-order chi connectivity index (χ0) is 9.68. The quantitative estimate of drug-likeness (QED) is 0.631. The summed E-state index contributed by atoms with van der Waals surface area (Å²) in [6, 6.07) is 3.27. The van der Waals surface area contributed by atoms with E-state index in [1.165, 1.54) is 0 Å². The maximum Gasteiger partial charge on any atom is 0.404 e. The number of carboxylic acid groups (broad SMARTS) is 1. The fourth-order valence-corrected chi connectivity index (χ4v) is 0.887. The van der Waals surface area contributed by atoms with Crippen LogP contribution in [-0.4, -0.2) is 27.8 Å². The zero-order valence-electron chi connectivity index (χ0n) is 6.84. The smallest absolute Gasteiger partial charge is 0.404 e. The van der Waals surface area contributed by atoms with Gasteiger partial charge < -0.3 is 15.5 Å².